The van der Waals surface area contributed by atoms with E-state index in [1.165, 1.54) is 4.68 Å². The standard InChI is InChI=1S/C11H10ClIN4O/c12-8-2-1-7(13)5-9(8)15-11(18)6-17-4-3-10(14)16-17/h1-5H,6H2,(H2,14,16)(H,15,18). The number of carbonyl (C=O) groups excluding carboxylic acids is 1. The maximum atomic E-state index is 11.8. The van der Waals surface area contributed by atoms with E-state index in [-0.39, 0.29) is 12.5 Å². The molecule has 94 valence electrons. The molecule has 0 saturated heterocycles. The molecule has 0 unspecified atom stereocenters. The average Bonchev–Trinajstić information content (AvgIpc) is 2.69. The first-order chi connectivity index (χ1) is 8.54. The Kier molecular flexibility index (Phi) is 4.07. The Morgan fingerprint density at radius 3 is 2.94 bits per heavy atom. The van der Waals surface area contributed by atoms with Crippen LogP contribution < -0.4 is 11.1 Å². The van der Waals surface area contributed by atoms with Crippen LogP contribution in [0.15, 0.2) is 30.5 Å². The zero-order chi connectivity index (χ0) is 13.1. The minimum atomic E-state index is -0.206. The largest absolute Gasteiger partial charge is 0.382 e. The number of benzene rings is 1. The Hall–Kier alpha value is -1.28. The molecule has 0 radical (unpaired) electrons. The molecule has 2 rings (SSSR count). The molecular weight excluding hydrogens is 367 g/mol. The average molecular weight is 377 g/mol. The molecule has 18 heavy (non-hydrogen) atoms. The maximum Gasteiger partial charge on any atom is 0.246 e. The quantitative estimate of drug-likeness (QED) is 0.808. The third kappa shape index (κ3) is 3.36. The molecule has 0 aliphatic heterocycles. The lowest BCUT2D eigenvalue weighted by atomic mass is 10.3. The predicted octanol–water partition coefficient (Wildman–Crippen LogP) is 2.36. The van der Waals surface area contributed by atoms with Gasteiger partial charge in [-0.1, -0.05) is 11.6 Å². The van der Waals surface area contributed by atoms with Gasteiger partial charge in [-0.15, -0.1) is 0 Å². The zero-order valence-corrected chi connectivity index (χ0v) is 12.1. The van der Waals surface area contributed by atoms with Gasteiger partial charge in [-0.3, -0.25) is 9.48 Å². The van der Waals surface area contributed by atoms with Crippen LogP contribution in [0.4, 0.5) is 11.5 Å². The molecule has 0 spiro atoms. The zero-order valence-electron chi connectivity index (χ0n) is 9.23. The summed E-state index contributed by atoms with van der Waals surface area (Å²) in [5.74, 6) is 0.178. The van der Waals surface area contributed by atoms with E-state index >= 15 is 0 Å². The number of amides is 1. The number of aromatic nitrogens is 2. The van der Waals surface area contributed by atoms with E-state index in [1.807, 2.05) is 6.07 Å². The summed E-state index contributed by atoms with van der Waals surface area (Å²) in [6, 6.07) is 7.04. The highest BCUT2D eigenvalue weighted by molar-refractivity contribution is 14.1. The van der Waals surface area contributed by atoms with Gasteiger partial charge in [0.25, 0.3) is 0 Å². The smallest absolute Gasteiger partial charge is 0.246 e. The number of halogens is 2. The summed E-state index contributed by atoms with van der Waals surface area (Å²) in [7, 11) is 0. The van der Waals surface area contributed by atoms with Crippen molar-refractivity contribution in [1.82, 2.24) is 9.78 Å². The van der Waals surface area contributed by atoms with Crippen LogP contribution in [-0.4, -0.2) is 15.7 Å². The van der Waals surface area contributed by atoms with Crippen molar-refractivity contribution in [1.29, 1.82) is 0 Å². The second kappa shape index (κ2) is 5.57. The molecule has 0 aliphatic rings. The van der Waals surface area contributed by atoms with E-state index in [1.54, 1.807) is 24.4 Å². The minimum Gasteiger partial charge on any atom is -0.382 e. The number of nitrogen functional groups attached to an aromatic ring is 1. The van der Waals surface area contributed by atoms with Gasteiger partial charge in [-0.2, -0.15) is 5.10 Å². The van der Waals surface area contributed by atoms with E-state index in [9.17, 15) is 4.79 Å². The summed E-state index contributed by atoms with van der Waals surface area (Å²) >= 11 is 8.14. The third-order valence-corrected chi connectivity index (χ3v) is 3.17. The summed E-state index contributed by atoms with van der Waals surface area (Å²) in [6.45, 7) is 0.0962. The topological polar surface area (TPSA) is 72.9 Å². The molecule has 0 saturated carbocycles. The molecule has 7 heteroatoms. The lowest BCUT2D eigenvalue weighted by Gasteiger charge is -2.07. The summed E-state index contributed by atoms with van der Waals surface area (Å²) in [4.78, 5) is 11.8. The van der Waals surface area contributed by atoms with Crippen molar-refractivity contribution in [3.8, 4) is 0 Å². The van der Waals surface area contributed by atoms with Crippen LogP contribution in [0.3, 0.4) is 0 Å². The van der Waals surface area contributed by atoms with Crippen LogP contribution >= 0.6 is 34.2 Å². The Morgan fingerprint density at radius 2 is 2.28 bits per heavy atom. The van der Waals surface area contributed by atoms with Crippen LogP contribution in [0.2, 0.25) is 5.02 Å². The fourth-order valence-electron chi connectivity index (χ4n) is 1.40. The maximum absolute atomic E-state index is 11.8. The molecule has 0 bridgehead atoms. The normalized spacial score (nSPS) is 10.3. The monoisotopic (exact) mass is 376 g/mol. The van der Waals surface area contributed by atoms with E-state index in [0.717, 1.165) is 3.57 Å². The second-order valence-corrected chi connectivity index (χ2v) is 5.26. The summed E-state index contributed by atoms with van der Waals surface area (Å²) in [6.07, 6.45) is 1.64. The number of nitrogens with one attached hydrogen (secondary N) is 1. The van der Waals surface area contributed by atoms with Gasteiger partial charge in [-0.05, 0) is 46.9 Å². The molecule has 2 aromatic rings. The molecule has 1 aromatic heterocycles. The number of hydrogen-bond acceptors (Lipinski definition) is 3. The van der Waals surface area contributed by atoms with Gasteiger partial charge in [0.2, 0.25) is 5.91 Å². The van der Waals surface area contributed by atoms with Crippen LogP contribution in [0.5, 0.6) is 0 Å². The summed E-state index contributed by atoms with van der Waals surface area (Å²) < 4.78 is 2.46. The summed E-state index contributed by atoms with van der Waals surface area (Å²) in [5, 5.41) is 7.17. The van der Waals surface area contributed by atoms with E-state index in [0.29, 0.717) is 16.5 Å². The van der Waals surface area contributed by atoms with Crippen molar-refractivity contribution < 1.29 is 4.79 Å². The first-order valence-corrected chi connectivity index (χ1v) is 6.54. The van der Waals surface area contributed by atoms with Crippen LogP contribution in [0, 0.1) is 3.57 Å². The molecule has 0 atom stereocenters. The highest BCUT2D eigenvalue weighted by atomic mass is 127. The van der Waals surface area contributed by atoms with Crippen LogP contribution in [0.25, 0.3) is 0 Å². The molecular formula is C11H10ClIN4O. The van der Waals surface area contributed by atoms with Crippen molar-refractivity contribution in [3.63, 3.8) is 0 Å². The van der Waals surface area contributed by atoms with E-state index < -0.39 is 0 Å². The number of hydrogen-bond donors (Lipinski definition) is 2. The third-order valence-electron chi connectivity index (χ3n) is 2.17. The molecule has 1 amide bonds. The van der Waals surface area contributed by atoms with Gasteiger partial charge in [-0.25, -0.2) is 0 Å². The fourth-order valence-corrected chi connectivity index (χ4v) is 2.05. The lowest BCUT2D eigenvalue weighted by Crippen LogP contribution is -2.19. The van der Waals surface area contributed by atoms with Gasteiger partial charge in [0, 0.05) is 9.77 Å². The van der Waals surface area contributed by atoms with Gasteiger partial charge in [0.15, 0.2) is 0 Å². The van der Waals surface area contributed by atoms with Crippen molar-refractivity contribution in [2.75, 3.05) is 11.1 Å². The van der Waals surface area contributed by atoms with Crippen molar-refractivity contribution >= 4 is 51.6 Å². The molecule has 0 aliphatic carbocycles. The van der Waals surface area contributed by atoms with Gasteiger partial charge in [0.1, 0.15) is 12.4 Å². The molecule has 0 fully saturated rings. The Labute approximate surface area is 122 Å². The number of carbonyl (C=O) groups is 1. The van der Waals surface area contributed by atoms with Gasteiger partial charge >= 0.3 is 0 Å². The number of rotatable bonds is 3. The second-order valence-electron chi connectivity index (χ2n) is 3.61. The van der Waals surface area contributed by atoms with E-state index in [2.05, 4.69) is 33.0 Å². The number of nitrogens with zero attached hydrogens (tertiary/aromatic N) is 2. The molecule has 1 aromatic carbocycles. The molecule has 5 nitrogen and oxygen atoms in total. The molecule has 3 N–H and O–H groups in total. The minimum absolute atomic E-state index is 0.0962. The van der Waals surface area contributed by atoms with Gasteiger partial charge < -0.3 is 11.1 Å². The van der Waals surface area contributed by atoms with E-state index in [4.69, 9.17) is 17.3 Å². The van der Waals surface area contributed by atoms with Crippen molar-refractivity contribution in [2.45, 2.75) is 6.54 Å². The Bertz CT molecular complexity index is 584. The number of nitrogens with two attached hydrogens (primary N) is 1. The first kappa shape index (κ1) is 13.2. The Morgan fingerprint density at radius 1 is 1.50 bits per heavy atom. The van der Waals surface area contributed by atoms with Crippen molar-refractivity contribution in [2.24, 2.45) is 0 Å². The van der Waals surface area contributed by atoms with Gasteiger partial charge in [0.05, 0.1) is 10.7 Å². The lowest BCUT2D eigenvalue weighted by molar-refractivity contribution is -0.116. The highest BCUT2D eigenvalue weighted by Gasteiger charge is 2.07. The predicted molar refractivity (Wildman–Crippen MR) is 79.4 cm³/mol. The SMILES string of the molecule is Nc1ccn(CC(=O)Nc2cc(I)ccc2Cl)n1. The Balaban J connectivity index is 2.05. The first-order valence-electron chi connectivity index (χ1n) is 5.08. The van der Waals surface area contributed by atoms with Crippen molar-refractivity contribution in [3.05, 3.63) is 39.1 Å². The summed E-state index contributed by atoms with van der Waals surface area (Å²) in [5.41, 5.74) is 6.06. The fraction of sp³-hybridized carbons (Fsp3) is 0.0909. The number of anilines is 2. The molecule has 1 heterocycles. The van der Waals surface area contributed by atoms with Crippen LogP contribution in [0.1, 0.15) is 0 Å². The van der Waals surface area contributed by atoms with Crippen LogP contribution in [-0.2, 0) is 11.3 Å². The highest BCUT2D eigenvalue weighted by Crippen LogP contribution is 2.23.